The van der Waals surface area contributed by atoms with Gasteiger partial charge in [-0.1, -0.05) is 0 Å². The van der Waals surface area contributed by atoms with Crippen molar-refractivity contribution in [1.29, 1.82) is 0 Å². The highest BCUT2D eigenvalue weighted by atomic mass is 16.1. The van der Waals surface area contributed by atoms with E-state index in [0.29, 0.717) is 0 Å². The summed E-state index contributed by atoms with van der Waals surface area (Å²) < 4.78 is 0. The molecule has 0 aromatic rings. The molecule has 0 bridgehead atoms. The van der Waals surface area contributed by atoms with Crippen molar-refractivity contribution in [3.63, 3.8) is 0 Å². The van der Waals surface area contributed by atoms with Crippen LogP contribution in [0.15, 0.2) is 0 Å². The Morgan fingerprint density at radius 2 is 2.08 bits per heavy atom. The van der Waals surface area contributed by atoms with Crippen LogP contribution in [0.25, 0.3) is 0 Å². The first-order valence-corrected chi connectivity index (χ1v) is 5.11. The zero-order valence-electron chi connectivity index (χ0n) is 8.68. The van der Waals surface area contributed by atoms with Crippen LogP contribution in [0.1, 0.15) is 26.2 Å². The van der Waals surface area contributed by atoms with Gasteiger partial charge >= 0.3 is 0 Å². The molecule has 1 aliphatic heterocycles. The molecule has 1 saturated heterocycles. The molecule has 1 heterocycles. The Morgan fingerprint density at radius 3 is 2.62 bits per heavy atom. The molecule has 0 aromatic carbocycles. The number of likely N-dealkylation sites (tertiary alicyclic amines) is 1. The molecule has 0 spiro atoms. The lowest BCUT2D eigenvalue weighted by Crippen LogP contribution is -2.32. The summed E-state index contributed by atoms with van der Waals surface area (Å²) in [7, 11) is 2.17. The molecule has 0 unspecified atom stereocenters. The quantitative estimate of drug-likeness (QED) is 0.705. The summed E-state index contributed by atoms with van der Waals surface area (Å²) in [5, 5.41) is 2.85. The highest BCUT2D eigenvalue weighted by Gasteiger charge is 2.15. The summed E-state index contributed by atoms with van der Waals surface area (Å²) in [6.07, 6.45) is 3.72. The van der Waals surface area contributed by atoms with Crippen molar-refractivity contribution in [3.8, 4) is 0 Å². The number of hydrogen-bond acceptors (Lipinski definition) is 2. The van der Waals surface area contributed by atoms with E-state index in [1.54, 1.807) is 6.92 Å². The van der Waals surface area contributed by atoms with Gasteiger partial charge in [-0.3, -0.25) is 4.79 Å². The molecule has 1 amide bonds. The van der Waals surface area contributed by atoms with Crippen LogP contribution in [0.5, 0.6) is 0 Å². The number of nitrogens with one attached hydrogen (secondary N) is 1. The second kappa shape index (κ2) is 5.22. The van der Waals surface area contributed by atoms with Gasteiger partial charge in [0.1, 0.15) is 0 Å². The predicted molar refractivity (Wildman–Crippen MR) is 53.5 cm³/mol. The maximum atomic E-state index is 10.6. The minimum Gasteiger partial charge on any atom is -0.356 e. The van der Waals surface area contributed by atoms with E-state index < -0.39 is 0 Å². The molecule has 1 N–H and O–H groups in total. The van der Waals surface area contributed by atoms with Crippen molar-refractivity contribution in [3.05, 3.63) is 0 Å². The average Bonchev–Trinajstić information content (AvgIpc) is 2.08. The number of hydrogen-bond donors (Lipinski definition) is 1. The molecule has 0 aromatic heterocycles. The summed E-state index contributed by atoms with van der Waals surface area (Å²) in [5.74, 6) is 0.913. The largest absolute Gasteiger partial charge is 0.356 e. The SMILES string of the molecule is CC(=O)NCCC1CCN(C)CC1. The van der Waals surface area contributed by atoms with Crippen LogP contribution < -0.4 is 5.32 Å². The van der Waals surface area contributed by atoms with Crippen LogP contribution in [0.2, 0.25) is 0 Å². The number of piperidine rings is 1. The Morgan fingerprint density at radius 1 is 1.46 bits per heavy atom. The highest BCUT2D eigenvalue weighted by molar-refractivity contribution is 5.72. The molecule has 1 aliphatic rings. The van der Waals surface area contributed by atoms with Gasteiger partial charge in [-0.25, -0.2) is 0 Å². The van der Waals surface area contributed by atoms with Crippen molar-refractivity contribution in [1.82, 2.24) is 10.2 Å². The van der Waals surface area contributed by atoms with E-state index in [-0.39, 0.29) is 5.91 Å². The number of rotatable bonds is 3. The van der Waals surface area contributed by atoms with E-state index in [0.717, 1.165) is 18.9 Å². The van der Waals surface area contributed by atoms with Crippen molar-refractivity contribution in [2.75, 3.05) is 26.7 Å². The van der Waals surface area contributed by atoms with Crippen molar-refractivity contribution in [2.24, 2.45) is 5.92 Å². The van der Waals surface area contributed by atoms with Gasteiger partial charge in [-0.2, -0.15) is 0 Å². The summed E-state index contributed by atoms with van der Waals surface area (Å²) in [6, 6.07) is 0. The van der Waals surface area contributed by atoms with Crippen LogP contribution in [0.4, 0.5) is 0 Å². The van der Waals surface area contributed by atoms with E-state index in [2.05, 4.69) is 17.3 Å². The minimum atomic E-state index is 0.0907. The van der Waals surface area contributed by atoms with Crippen molar-refractivity contribution in [2.45, 2.75) is 26.2 Å². The molecular formula is C10H20N2O. The number of nitrogens with zero attached hydrogens (tertiary/aromatic N) is 1. The Balaban J connectivity index is 2.05. The fourth-order valence-electron chi connectivity index (χ4n) is 1.80. The molecule has 1 rings (SSSR count). The Kier molecular flexibility index (Phi) is 4.22. The summed E-state index contributed by atoms with van der Waals surface area (Å²) in [4.78, 5) is 13.0. The average molecular weight is 184 g/mol. The first kappa shape index (κ1) is 10.5. The third-order valence-electron chi connectivity index (χ3n) is 2.76. The zero-order chi connectivity index (χ0) is 9.68. The topological polar surface area (TPSA) is 32.3 Å². The van der Waals surface area contributed by atoms with Gasteiger partial charge in [0, 0.05) is 13.5 Å². The Bertz CT molecular complexity index is 162. The first-order chi connectivity index (χ1) is 6.18. The monoisotopic (exact) mass is 184 g/mol. The van der Waals surface area contributed by atoms with Gasteiger partial charge in [0.15, 0.2) is 0 Å². The third-order valence-corrected chi connectivity index (χ3v) is 2.76. The molecule has 13 heavy (non-hydrogen) atoms. The lowest BCUT2D eigenvalue weighted by molar-refractivity contribution is -0.119. The Hall–Kier alpha value is -0.570. The van der Waals surface area contributed by atoms with Gasteiger partial charge in [0.05, 0.1) is 0 Å². The van der Waals surface area contributed by atoms with Crippen LogP contribution in [0.3, 0.4) is 0 Å². The van der Waals surface area contributed by atoms with E-state index in [9.17, 15) is 4.79 Å². The summed E-state index contributed by atoms with van der Waals surface area (Å²) >= 11 is 0. The van der Waals surface area contributed by atoms with E-state index in [1.807, 2.05) is 0 Å². The summed E-state index contributed by atoms with van der Waals surface area (Å²) in [6.45, 7) is 4.85. The van der Waals surface area contributed by atoms with Crippen molar-refractivity contribution >= 4 is 5.91 Å². The number of carbonyl (C=O) groups excluding carboxylic acids is 1. The van der Waals surface area contributed by atoms with Crippen molar-refractivity contribution < 1.29 is 4.79 Å². The summed E-state index contributed by atoms with van der Waals surface area (Å²) in [5.41, 5.74) is 0. The van der Waals surface area contributed by atoms with Crippen LogP contribution in [-0.4, -0.2) is 37.5 Å². The normalized spacial score (nSPS) is 20.2. The fraction of sp³-hybridized carbons (Fsp3) is 0.900. The molecule has 3 heteroatoms. The maximum Gasteiger partial charge on any atom is 0.216 e. The highest BCUT2D eigenvalue weighted by Crippen LogP contribution is 2.18. The molecule has 0 saturated carbocycles. The minimum absolute atomic E-state index is 0.0907. The predicted octanol–water partition coefficient (Wildman–Crippen LogP) is 0.854. The molecule has 0 atom stereocenters. The van der Waals surface area contributed by atoms with Crippen LogP contribution >= 0.6 is 0 Å². The van der Waals surface area contributed by atoms with Crippen LogP contribution in [0, 0.1) is 5.92 Å². The fourth-order valence-corrected chi connectivity index (χ4v) is 1.80. The molecular weight excluding hydrogens is 164 g/mol. The second-order valence-electron chi connectivity index (χ2n) is 4.02. The maximum absolute atomic E-state index is 10.6. The number of carbonyl (C=O) groups is 1. The van der Waals surface area contributed by atoms with E-state index in [4.69, 9.17) is 0 Å². The molecule has 76 valence electrons. The molecule has 1 fully saturated rings. The smallest absolute Gasteiger partial charge is 0.216 e. The van der Waals surface area contributed by atoms with E-state index in [1.165, 1.54) is 25.9 Å². The number of amides is 1. The van der Waals surface area contributed by atoms with Gasteiger partial charge in [0.2, 0.25) is 5.91 Å². The van der Waals surface area contributed by atoms with Gasteiger partial charge in [0.25, 0.3) is 0 Å². The molecule has 3 nitrogen and oxygen atoms in total. The third kappa shape index (κ3) is 4.27. The van der Waals surface area contributed by atoms with Gasteiger partial charge in [-0.05, 0) is 45.3 Å². The molecule has 0 radical (unpaired) electrons. The lowest BCUT2D eigenvalue weighted by Gasteiger charge is -2.28. The zero-order valence-corrected chi connectivity index (χ0v) is 8.68. The first-order valence-electron chi connectivity index (χ1n) is 5.11. The Labute approximate surface area is 80.5 Å². The van der Waals surface area contributed by atoms with Gasteiger partial charge in [-0.15, -0.1) is 0 Å². The second-order valence-corrected chi connectivity index (χ2v) is 4.02. The van der Waals surface area contributed by atoms with Gasteiger partial charge < -0.3 is 10.2 Å². The van der Waals surface area contributed by atoms with E-state index >= 15 is 0 Å². The van der Waals surface area contributed by atoms with Crippen LogP contribution in [-0.2, 0) is 4.79 Å². The molecule has 0 aliphatic carbocycles. The lowest BCUT2D eigenvalue weighted by atomic mass is 9.94. The standard InChI is InChI=1S/C10H20N2O/c1-9(13)11-6-3-10-4-7-12(2)8-5-10/h10H,3-8H2,1-2H3,(H,11,13).